The fourth-order valence-corrected chi connectivity index (χ4v) is 3.61. The number of pyridine rings is 1. The van der Waals surface area contributed by atoms with Crippen LogP contribution in [-0.2, 0) is 16.0 Å². The van der Waals surface area contributed by atoms with Crippen LogP contribution in [0.1, 0.15) is 19.4 Å². The summed E-state index contributed by atoms with van der Waals surface area (Å²) in [5.41, 5.74) is 1.20. The van der Waals surface area contributed by atoms with Crippen molar-refractivity contribution < 1.29 is 9.47 Å². The number of rotatable bonds is 6. The lowest BCUT2D eigenvalue weighted by Gasteiger charge is -2.41. The molecule has 2 saturated heterocycles. The molecule has 164 valence electrons. The number of halogens is 1. The van der Waals surface area contributed by atoms with Gasteiger partial charge in [0.1, 0.15) is 5.82 Å². The SMILES string of the molecule is CN=C(NCc1cccnc1N1CCOCC1)NCC(C)(C)N1CCOCC1.I. The minimum atomic E-state index is 0. The molecule has 0 unspecified atom stereocenters. The zero-order chi connectivity index (χ0) is 19.8. The number of nitrogens with zero attached hydrogens (tertiary/aromatic N) is 4. The van der Waals surface area contributed by atoms with Crippen LogP contribution in [0.3, 0.4) is 0 Å². The van der Waals surface area contributed by atoms with Gasteiger partial charge in [-0.1, -0.05) is 6.07 Å². The lowest BCUT2D eigenvalue weighted by Crippen LogP contribution is -2.56. The molecule has 2 aliphatic heterocycles. The zero-order valence-corrected chi connectivity index (χ0v) is 20.1. The van der Waals surface area contributed by atoms with Gasteiger partial charge in [0.25, 0.3) is 0 Å². The van der Waals surface area contributed by atoms with Crippen LogP contribution in [0.5, 0.6) is 0 Å². The van der Waals surface area contributed by atoms with Gasteiger partial charge in [0.15, 0.2) is 5.96 Å². The highest BCUT2D eigenvalue weighted by Crippen LogP contribution is 2.18. The van der Waals surface area contributed by atoms with Gasteiger partial charge in [0, 0.05) is 63.6 Å². The van der Waals surface area contributed by atoms with E-state index < -0.39 is 0 Å². The molecule has 0 bridgehead atoms. The molecule has 0 saturated carbocycles. The maximum Gasteiger partial charge on any atom is 0.191 e. The molecule has 0 atom stereocenters. The highest BCUT2D eigenvalue weighted by atomic mass is 127. The second-order valence-corrected chi connectivity index (χ2v) is 7.78. The largest absolute Gasteiger partial charge is 0.379 e. The Morgan fingerprint density at radius 3 is 2.41 bits per heavy atom. The number of hydrogen-bond acceptors (Lipinski definition) is 6. The molecule has 2 fully saturated rings. The number of ether oxygens (including phenoxy) is 2. The quantitative estimate of drug-likeness (QED) is 0.334. The molecular formula is C20H35IN6O2. The summed E-state index contributed by atoms with van der Waals surface area (Å²) in [6.45, 7) is 12.8. The zero-order valence-electron chi connectivity index (χ0n) is 17.8. The number of anilines is 1. The first-order chi connectivity index (χ1) is 13.6. The molecule has 0 spiro atoms. The van der Waals surface area contributed by atoms with E-state index in [1.165, 1.54) is 5.56 Å². The number of nitrogens with one attached hydrogen (secondary N) is 2. The lowest BCUT2D eigenvalue weighted by molar-refractivity contribution is -0.00834. The van der Waals surface area contributed by atoms with E-state index in [0.29, 0.717) is 6.54 Å². The van der Waals surface area contributed by atoms with Crippen LogP contribution >= 0.6 is 24.0 Å². The van der Waals surface area contributed by atoms with Crippen molar-refractivity contribution in [2.45, 2.75) is 25.9 Å². The fraction of sp³-hybridized carbons (Fsp3) is 0.700. The van der Waals surface area contributed by atoms with Gasteiger partial charge in [-0.15, -0.1) is 24.0 Å². The lowest BCUT2D eigenvalue weighted by atomic mass is 10.0. The normalized spacial score (nSPS) is 18.9. The summed E-state index contributed by atoms with van der Waals surface area (Å²) in [5, 5.41) is 6.92. The van der Waals surface area contributed by atoms with Gasteiger partial charge in [0.2, 0.25) is 0 Å². The summed E-state index contributed by atoms with van der Waals surface area (Å²) in [7, 11) is 1.81. The van der Waals surface area contributed by atoms with E-state index in [1.54, 1.807) is 0 Å². The van der Waals surface area contributed by atoms with Crippen molar-refractivity contribution >= 4 is 35.8 Å². The van der Waals surface area contributed by atoms with E-state index in [9.17, 15) is 0 Å². The predicted octanol–water partition coefficient (Wildman–Crippen LogP) is 1.31. The predicted molar refractivity (Wildman–Crippen MR) is 127 cm³/mol. The Labute approximate surface area is 191 Å². The summed E-state index contributed by atoms with van der Waals surface area (Å²) in [5.74, 6) is 1.83. The van der Waals surface area contributed by atoms with Crippen molar-refractivity contribution in [2.24, 2.45) is 4.99 Å². The topological polar surface area (TPSA) is 74.2 Å². The molecule has 1 aromatic heterocycles. The van der Waals surface area contributed by atoms with E-state index in [1.807, 2.05) is 19.3 Å². The Morgan fingerprint density at radius 2 is 1.76 bits per heavy atom. The van der Waals surface area contributed by atoms with Gasteiger partial charge >= 0.3 is 0 Å². The second kappa shape index (κ2) is 11.9. The molecule has 1 aromatic rings. The third kappa shape index (κ3) is 6.94. The molecular weight excluding hydrogens is 483 g/mol. The fourth-order valence-electron chi connectivity index (χ4n) is 3.61. The summed E-state index contributed by atoms with van der Waals surface area (Å²) < 4.78 is 10.9. The van der Waals surface area contributed by atoms with Crippen molar-refractivity contribution in [1.29, 1.82) is 0 Å². The molecule has 0 radical (unpaired) electrons. The second-order valence-electron chi connectivity index (χ2n) is 7.78. The van der Waals surface area contributed by atoms with Crippen LogP contribution in [-0.4, -0.2) is 87.6 Å². The Bertz CT molecular complexity index is 646. The Hall–Kier alpha value is -1.17. The van der Waals surface area contributed by atoms with Gasteiger partial charge in [0.05, 0.1) is 26.4 Å². The summed E-state index contributed by atoms with van der Waals surface area (Å²) >= 11 is 0. The molecule has 8 nitrogen and oxygen atoms in total. The van der Waals surface area contributed by atoms with Gasteiger partial charge in [-0.05, 0) is 19.9 Å². The first kappa shape index (κ1) is 24.1. The van der Waals surface area contributed by atoms with Gasteiger partial charge in [-0.2, -0.15) is 0 Å². The van der Waals surface area contributed by atoms with E-state index in [0.717, 1.165) is 70.9 Å². The minimum absolute atomic E-state index is 0. The van der Waals surface area contributed by atoms with E-state index in [2.05, 4.69) is 50.3 Å². The van der Waals surface area contributed by atoms with Crippen molar-refractivity contribution in [2.75, 3.05) is 71.1 Å². The van der Waals surface area contributed by atoms with Crippen molar-refractivity contribution in [3.63, 3.8) is 0 Å². The van der Waals surface area contributed by atoms with E-state index in [-0.39, 0.29) is 29.5 Å². The molecule has 2 N–H and O–H groups in total. The number of guanidine groups is 1. The average Bonchev–Trinajstić information content (AvgIpc) is 2.75. The molecule has 29 heavy (non-hydrogen) atoms. The summed E-state index contributed by atoms with van der Waals surface area (Å²) in [6, 6.07) is 4.11. The minimum Gasteiger partial charge on any atom is -0.379 e. The number of hydrogen-bond donors (Lipinski definition) is 2. The van der Waals surface area contributed by atoms with Crippen LogP contribution in [0.15, 0.2) is 23.3 Å². The van der Waals surface area contributed by atoms with Crippen LogP contribution in [0.2, 0.25) is 0 Å². The summed E-state index contributed by atoms with van der Waals surface area (Å²) in [6.07, 6.45) is 1.85. The molecule has 9 heteroatoms. The number of aromatic nitrogens is 1. The Morgan fingerprint density at radius 1 is 1.10 bits per heavy atom. The average molecular weight is 518 g/mol. The molecule has 0 aromatic carbocycles. The molecule has 3 rings (SSSR count). The van der Waals surface area contributed by atoms with Crippen LogP contribution in [0, 0.1) is 0 Å². The van der Waals surface area contributed by atoms with Crippen LogP contribution in [0.25, 0.3) is 0 Å². The first-order valence-corrected chi connectivity index (χ1v) is 10.1. The number of morpholine rings is 2. The highest BCUT2D eigenvalue weighted by molar-refractivity contribution is 14.0. The monoisotopic (exact) mass is 518 g/mol. The maximum atomic E-state index is 5.47. The third-order valence-electron chi connectivity index (χ3n) is 5.40. The smallest absolute Gasteiger partial charge is 0.191 e. The van der Waals surface area contributed by atoms with Crippen molar-refractivity contribution in [3.05, 3.63) is 23.9 Å². The molecule has 2 aliphatic rings. The van der Waals surface area contributed by atoms with Crippen LogP contribution < -0.4 is 15.5 Å². The van der Waals surface area contributed by atoms with Crippen LogP contribution in [0.4, 0.5) is 5.82 Å². The number of aliphatic imine (C=N–C) groups is 1. The highest BCUT2D eigenvalue weighted by Gasteiger charge is 2.28. The maximum absolute atomic E-state index is 5.47. The van der Waals surface area contributed by atoms with E-state index in [4.69, 9.17) is 9.47 Å². The Kier molecular flexibility index (Phi) is 9.87. The molecule has 3 heterocycles. The molecule has 0 amide bonds. The Balaban J connectivity index is 0.00000300. The molecule has 0 aliphatic carbocycles. The van der Waals surface area contributed by atoms with Gasteiger partial charge in [-0.3, -0.25) is 9.89 Å². The van der Waals surface area contributed by atoms with Gasteiger partial charge < -0.3 is 25.0 Å². The summed E-state index contributed by atoms with van der Waals surface area (Å²) in [4.78, 5) is 13.8. The van der Waals surface area contributed by atoms with E-state index >= 15 is 0 Å². The van der Waals surface area contributed by atoms with Gasteiger partial charge in [-0.25, -0.2) is 4.98 Å². The van der Waals surface area contributed by atoms with Crippen molar-refractivity contribution in [1.82, 2.24) is 20.5 Å². The standard InChI is InChI=1S/C20H34N6O2.HI/c1-20(2,26-9-13-28-14-10-26)16-24-19(21-3)23-15-17-5-4-6-22-18(17)25-7-11-27-12-8-25;/h4-6H,7-16H2,1-3H3,(H2,21,23,24);1H. The van der Waals surface area contributed by atoms with Crippen molar-refractivity contribution in [3.8, 4) is 0 Å². The third-order valence-corrected chi connectivity index (χ3v) is 5.40. The first-order valence-electron chi connectivity index (χ1n) is 10.1.